The van der Waals surface area contributed by atoms with Crippen LogP contribution in [0.25, 0.3) is 0 Å². The fourth-order valence-electron chi connectivity index (χ4n) is 3.61. The van der Waals surface area contributed by atoms with Crippen LogP contribution >= 0.6 is 0 Å². The Morgan fingerprint density at radius 2 is 1.85 bits per heavy atom. The Bertz CT molecular complexity index is 758. The lowest BCUT2D eigenvalue weighted by molar-refractivity contribution is -0.126. The van der Waals surface area contributed by atoms with Crippen LogP contribution in [0.5, 0.6) is 0 Å². The van der Waals surface area contributed by atoms with Gasteiger partial charge in [-0.1, -0.05) is 18.2 Å². The highest BCUT2D eigenvalue weighted by molar-refractivity contribution is 7.88. The molecule has 2 saturated heterocycles. The number of anilines is 1. The monoisotopic (exact) mass is 379 g/mol. The van der Waals surface area contributed by atoms with Crippen LogP contribution in [-0.4, -0.2) is 57.0 Å². The Morgan fingerprint density at radius 3 is 2.46 bits per heavy atom. The van der Waals surface area contributed by atoms with E-state index in [9.17, 15) is 18.0 Å². The zero-order valence-electron chi connectivity index (χ0n) is 14.9. The van der Waals surface area contributed by atoms with Gasteiger partial charge in [0.05, 0.1) is 6.26 Å². The molecule has 1 aromatic rings. The van der Waals surface area contributed by atoms with Gasteiger partial charge in [-0.25, -0.2) is 12.7 Å². The molecule has 0 aromatic heterocycles. The average Bonchev–Trinajstić information content (AvgIpc) is 3.00. The highest BCUT2D eigenvalue weighted by atomic mass is 32.2. The third kappa shape index (κ3) is 4.42. The Morgan fingerprint density at radius 1 is 1.19 bits per heavy atom. The van der Waals surface area contributed by atoms with E-state index < -0.39 is 10.0 Å². The third-order valence-corrected chi connectivity index (χ3v) is 6.43. The summed E-state index contributed by atoms with van der Waals surface area (Å²) in [6.45, 7) is 1.86. The van der Waals surface area contributed by atoms with Gasteiger partial charge in [0.25, 0.3) is 0 Å². The molecule has 1 N–H and O–H groups in total. The molecule has 2 heterocycles. The van der Waals surface area contributed by atoms with Crippen molar-refractivity contribution in [1.29, 1.82) is 0 Å². The molecule has 2 amide bonds. The second-order valence-electron chi connectivity index (χ2n) is 7.09. The normalized spacial score (nSPS) is 22.6. The van der Waals surface area contributed by atoms with Gasteiger partial charge >= 0.3 is 0 Å². The van der Waals surface area contributed by atoms with Crippen LogP contribution in [-0.2, 0) is 19.6 Å². The van der Waals surface area contributed by atoms with Gasteiger partial charge in [-0.3, -0.25) is 9.59 Å². The van der Waals surface area contributed by atoms with E-state index in [1.54, 1.807) is 4.90 Å². The summed E-state index contributed by atoms with van der Waals surface area (Å²) in [5, 5.41) is 2.95. The van der Waals surface area contributed by atoms with Crippen molar-refractivity contribution >= 4 is 27.5 Å². The summed E-state index contributed by atoms with van der Waals surface area (Å²) in [6.07, 6.45) is 2.71. The number of para-hydroxylation sites is 1. The molecular formula is C18H25N3O4S. The number of carbonyl (C=O) groups is 2. The molecule has 0 bridgehead atoms. The summed E-state index contributed by atoms with van der Waals surface area (Å²) in [5.74, 6) is -0.0150. The highest BCUT2D eigenvalue weighted by Gasteiger charge is 2.32. The van der Waals surface area contributed by atoms with Crippen molar-refractivity contribution in [1.82, 2.24) is 9.62 Å². The summed E-state index contributed by atoms with van der Waals surface area (Å²) in [7, 11) is -3.18. The average molecular weight is 379 g/mol. The van der Waals surface area contributed by atoms with E-state index in [1.807, 2.05) is 30.3 Å². The van der Waals surface area contributed by atoms with Gasteiger partial charge in [-0.2, -0.15) is 0 Å². The Balaban J connectivity index is 1.46. The number of carbonyl (C=O) groups excluding carboxylic acids is 2. The molecule has 2 aliphatic heterocycles. The van der Waals surface area contributed by atoms with Gasteiger partial charge in [0.2, 0.25) is 21.8 Å². The van der Waals surface area contributed by atoms with Crippen LogP contribution in [0.2, 0.25) is 0 Å². The molecule has 0 saturated carbocycles. The zero-order valence-corrected chi connectivity index (χ0v) is 15.7. The van der Waals surface area contributed by atoms with E-state index in [2.05, 4.69) is 5.32 Å². The Hall–Kier alpha value is -1.93. The third-order valence-electron chi connectivity index (χ3n) is 5.13. The van der Waals surface area contributed by atoms with Crippen LogP contribution in [0.3, 0.4) is 0 Å². The van der Waals surface area contributed by atoms with E-state index in [-0.39, 0.29) is 23.7 Å². The van der Waals surface area contributed by atoms with Crippen LogP contribution < -0.4 is 10.2 Å². The molecule has 7 nitrogen and oxygen atoms in total. The molecule has 0 aliphatic carbocycles. The lowest BCUT2D eigenvalue weighted by Crippen LogP contribution is -2.43. The number of sulfonamides is 1. The summed E-state index contributed by atoms with van der Waals surface area (Å²) >= 11 is 0. The number of rotatable bonds is 5. The van der Waals surface area contributed by atoms with Crippen molar-refractivity contribution in [2.24, 2.45) is 11.8 Å². The fourth-order valence-corrected chi connectivity index (χ4v) is 4.49. The van der Waals surface area contributed by atoms with E-state index in [0.29, 0.717) is 45.4 Å². The number of hydrogen-bond acceptors (Lipinski definition) is 4. The Kier molecular flexibility index (Phi) is 5.62. The predicted molar refractivity (Wildman–Crippen MR) is 99.1 cm³/mol. The van der Waals surface area contributed by atoms with Gasteiger partial charge in [0.15, 0.2) is 0 Å². The maximum Gasteiger partial charge on any atom is 0.227 e. The first-order chi connectivity index (χ1) is 12.3. The van der Waals surface area contributed by atoms with Crippen molar-refractivity contribution < 1.29 is 18.0 Å². The SMILES string of the molecule is CS(=O)(=O)N1CCC(C(=O)NCC2CC(=O)N(c3ccccc3)C2)CC1. The number of benzene rings is 1. The first-order valence-corrected chi connectivity index (χ1v) is 10.8. The van der Waals surface area contributed by atoms with E-state index in [1.165, 1.54) is 10.6 Å². The zero-order chi connectivity index (χ0) is 18.7. The molecule has 3 rings (SSSR count). The van der Waals surface area contributed by atoms with Crippen LogP contribution in [0.4, 0.5) is 5.69 Å². The van der Waals surface area contributed by atoms with Crippen molar-refractivity contribution in [3.05, 3.63) is 30.3 Å². The number of piperidine rings is 1. The molecule has 1 unspecified atom stereocenters. The minimum atomic E-state index is -3.18. The van der Waals surface area contributed by atoms with Crippen LogP contribution in [0.15, 0.2) is 30.3 Å². The molecule has 2 aliphatic rings. The number of amides is 2. The molecule has 8 heteroatoms. The second kappa shape index (κ2) is 7.75. The molecule has 26 heavy (non-hydrogen) atoms. The number of nitrogens with zero attached hydrogens (tertiary/aromatic N) is 2. The van der Waals surface area contributed by atoms with Crippen molar-refractivity contribution in [3.8, 4) is 0 Å². The minimum Gasteiger partial charge on any atom is -0.356 e. The first kappa shape index (κ1) is 18.8. The second-order valence-corrected chi connectivity index (χ2v) is 9.07. The molecule has 2 fully saturated rings. The lowest BCUT2D eigenvalue weighted by Gasteiger charge is -2.29. The summed E-state index contributed by atoms with van der Waals surface area (Å²) < 4.78 is 24.5. The van der Waals surface area contributed by atoms with Crippen molar-refractivity contribution in [2.45, 2.75) is 19.3 Å². The van der Waals surface area contributed by atoms with Gasteiger partial charge in [-0.05, 0) is 25.0 Å². The molecule has 0 radical (unpaired) electrons. The van der Waals surface area contributed by atoms with Gasteiger partial charge in [-0.15, -0.1) is 0 Å². The van der Waals surface area contributed by atoms with E-state index >= 15 is 0 Å². The fraction of sp³-hybridized carbons (Fsp3) is 0.556. The van der Waals surface area contributed by atoms with Crippen LogP contribution in [0.1, 0.15) is 19.3 Å². The maximum absolute atomic E-state index is 12.4. The molecule has 1 atom stereocenters. The predicted octanol–water partition coefficient (Wildman–Crippen LogP) is 0.827. The summed E-state index contributed by atoms with van der Waals surface area (Å²) in [4.78, 5) is 26.3. The molecule has 0 spiro atoms. The van der Waals surface area contributed by atoms with Gasteiger partial charge in [0.1, 0.15) is 0 Å². The molecule has 142 valence electrons. The standard InChI is InChI=1S/C18H25N3O4S/c1-26(24,25)20-9-7-15(8-10-20)18(23)19-12-14-11-17(22)21(13-14)16-5-3-2-4-6-16/h2-6,14-15H,7-13H2,1H3,(H,19,23). The van der Waals surface area contributed by atoms with E-state index in [0.717, 1.165) is 5.69 Å². The topological polar surface area (TPSA) is 86.8 Å². The molecular weight excluding hydrogens is 354 g/mol. The summed E-state index contributed by atoms with van der Waals surface area (Å²) in [6, 6.07) is 9.54. The number of nitrogens with one attached hydrogen (secondary N) is 1. The van der Waals surface area contributed by atoms with Crippen molar-refractivity contribution in [3.63, 3.8) is 0 Å². The van der Waals surface area contributed by atoms with Crippen LogP contribution in [0, 0.1) is 11.8 Å². The Labute approximate surface area is 154 Å². The number of hydrogen-bond donors (Lipinski definition) is 1. The molecule has 1 aromatic carbocycles. The lowest BCUT2D eigenvalue weighted by atomic mass is 9.97. The smallest absolute Gasteiger partial charge is 0.227 e. The van der Waals surface area contributed by atoms with Gasteiger partial charge < -0.3 is 10.2 Å². The highest BCUT2D eigenvalue weighted by Crippen LogP contribution is 2.25. The minimum absolute atomic E-state index is 0.0382. The largest absolute Gasteiger partial charge is 0.356 e. The van der Waals surface area contributed by atoms with Crippen molar-refractivity contribution in [2.75, 3.05) is 37.3 Å². The summed E-state index contributed by atoms with van der Waals surface area (Å²) in [5.41, 5.74) is 0.888. The van der Waals surface area contributed by atoms with E-state index in [4.69, 9.17) is 0 Å². The van der Waals surface area contributed by atoms with Gasteiger partial charge in [0, 0.05) is 50.1 Å². The maximum atomic E-state index is 12.4. The first-order valence-electron chi connectivity index (χ1n) is 8.93. The quantitative estimate of drug-likeness (QED) is 0.821.